The van der Waals surface area contributed by atoms with Crippen molar-refractivity contribution in [2.45, 2.75) is 18.2 Å². The molecule has 0 radical (unpaired) electrons. The van der Waals surface area contributed by atoms with Crippen LogP contribution in [-0.2, 0) is 14.8 Å². The van der Waals surface area contributed by atoms with Crippen molar-refractivity contribution < 1.29 is 36.2 Å². The van der Waals surface area contributed by atoms with E-state index < -0.39 is 34.6 Å². The Hall–Kier alpha value is -2.79. The number of nitrogens with one attached hydrogen (secondary N) is 2. The van der Waals surface area contributed by atoms with Gasteiger partial charge in [0.05, 0.1) is 17.1 Å². The van der Waals surface area contributed by atoms with Gasteiger partial charge >= 0.3 is 6.36 Å². The highest BCUT2D eigenvalue weighted by molar-refractivity contribution is 7.89. The number of sulfonamides is 1. The van der Waals surface area contributed by atoms with Gasteiger partial charge in [-0.3, -0.25) is 4.79 Å². The molecule has 0 bridgehead atoms. The first kappa shape index (κ1) is 20.5. The van der Waals surface area contributed by atoms with Gasteiger partial charge in [0, 0.05) is 0 Å². The molecule has 0 aliphatic heterocycles. The van der Waals surface area contributed by atoms with E-state index in [1.807, 2.05) is 4.72 Å². The zero-order valence-corrected chi connectivity index (χ0v) is 14.7. The lowest BCUT2D eigenvalue weighted by Crippen LogP contribution is -2.32. The third-order valence-corrected chi connectivity index (χ3v) is 4.63. The molecule has 0 saturated carbocycles. The van der Waals surface area contributed by atoms with Crippen molar-refractivity contribution in [1.29, 1.82) is 0 Å². The summed E-state index contributed by atoms with van der Waals surface area (Å²) in [5.74, 6) is -1.49. The second-order valence-corrected chi connectivity index (χ2v) is 7.18. The number of ether oxygens (including phenoxy) is 1. The van der Waals surface area contributed by atoms with Gasteiger partial charge in [-0.2, -0.15) is 0 Å². The first-order valence-corrected chi connectivity index (χ1v) is 8.89. The number of hydrogen-bond donors (Lipinski definition) is 3. The van der Waals surface area contributed by atoms with Gasteiger partial charge in [0.15, 0.2) is 0 Å². The molecule has 0 saturated heterocycles. The van der Waals surface area contributed by atoms with Crippen molar-refractivity contribution in [1.82, 2.24) is 4.72 Å². The Balaban J connectivity index is 1.98. The van der Waals surface area contributed by atoms with Gasteiger partial charge < -0.3 is 15.2 Å². The summed E-state index contributed by atoms with van der Waals surface area (Å²) in [6.45, 7) is 1.10. The topological polar surface area (TPSA) is 105 Å². The molecule has 1 amide bonds. The molecule has 0 aliphatic rings. The van der Waals surface area contributed by atoms with Crippen LogP contribution in [0.1, 0.15) is 5.56 Å². The minimum Gasteiger partial charge on any atom is -0.506 e. The van der Waals surface area contributed by atoms with Crippen molar-refractivity contribution in [2.24, 2.45) is 0 Å². The third-order valence-electron chi connectivity index (χ3n) is 3.22. The SMILES string of the molecule is Cc1ccc(NC(=O)CNS(=O)(=O)c2ccc(OC(F)(F)F)cc2)c(O)c1. The highest BCUT2D eigenvalue weighted by Gasteiger charge is 2.31. The summed E-state index contributed by atoms with van der Waals surface area (Å²) in [4.78, 5) is 11.5. The number of benzene rings is 2. The Labute approximate surface area is 152 Å². The summed E-state index contributed by atoms with van der Waals surface area (Å²) >= 11 is 0. The summed E-state index contributed by atoms with van der Waals surface area (Å²) < 4.78 is 66.1. The molecule has 0 fully saturated rings. The number of halogens is 3. The number of phenolic OH excluding ortho intramolecular Hbond substituents is 1. The van der Waals surface area contributed by atoms with Gasteiger partial charge in [-0.05, 0) is 48.9 Å². The molecular formula is C16H15F3N2O5S. The molecule has 7 nitrogen and oxygen atoms in total. The van der Waals surface area contributed by atoms with Crippen LogP contribution in [0, 0.1) is 6.92 Å². The number of anilines is 1. The third kappa shape index (κ3) is 6.15. The predicted octanol–water partition coefficient (Wildman–Crippen LogP) is 2.52. The zero-order chi connectivity index (χ0) is 20.2. The van der Waals surface area contributed by atoms with Gasteiger partial charge in [-0.25, -0.2) is 13.1 Å². The van der Waals surface area contributed by atoms with Crippen molar-refractivity contribution >= 4 is 21.6 Å². The van der Waals surface area contributed by atoms with Gasteiger partial charge in [0.1, 0.15) is 11.5 Å². The molecule has 0 spiro atoms. The summed E-state index contributed by atoms with van der Waals surface area (Å²) in [5.41, 5.74) is 0.877. The number of alkyl halides is 3. The lowest BCUT2D eigenvalue weighted by molar-refractivity contribution is -0.274. The van der Waals surface area contributed by atoms with E-state index in [2.05, 4.69) is 10.1 Å². The zero-order valence-electron chi connectivity index (χ0n) is 13.9. The number of aromatic hydroxyl groups is 1. The van der Waals surface area contributed by atoms with E-state index in [0.29, 0.717) is 0 Å². The second-order valence-electron chi connectivity index (χ2n) is 5.41. The van der Waals surface area contributed by atoms with Crippen LogP contribution in [-0.4, -0.2) is 32.3 Å². The minimum atomic E-state index is -4.89. The first-order chi connectivity index (χ1) is 12.5. The molecule has 2 aromatic rings. The number of amides is 1. The van der Waals surface area contributed by atoms with Crippen LogP contribution in [0.2, 0.25) is 0 Å². The number of phenols is 1. The average molecular weight is 404 g/mol. The summed E-state index contributed by atoms with van der Waals surface area (Å²) in [5, 5.41) is 12.0. The van der Waals surface area contributed by atoms with E-state index in [1.54, 1.807) is 13.0 Å². The van der Waals surface area contributed by atoms with Gasteiger partial charge in [0.25, 0.3) is 0 Å². The Morgan fingerprint density at radius 1 is 1.15 bits per heavy atom. The smallest absolute Gasteiger partial charge is 0.506 e. The normalized spacial score (nSPS) is 11.9. The van der Waals surface area contributed by atoms with Crippen LogP contribution < -0.4 is 14.8 Å². The molecule has 0 heterocycles. The Morgan fingerprint density at radius 3 is 2.33 bits per heavy atom. The Bertz CT molecular complexity index is 928. The lowest BCUT2D eigenvalue weighted by atomic mass is 10.2. The van der Waals surface area contributed by atoms with E-state index in [-0.39, 0.29) is 16.3 Å². The second kappa shape index (κ2) is 7.84. The first-order valence-electron chi connectivity index (χ1n) is 7.41. The van der Waals surface area contributed by atoms with E-state index in [4.69, 9.17) is 0 Å². The highest BCUT2D eigenvalue weighted by Crippen LogP contribution is 2.24. The molecule has 0 atom stereocenters. The van der Waals surface area contributed by atoms with Crippen LogP contribution in [0.15, 0.2) is 47.4 Å². The van der Waals surface area contributed by atoms with Crippen LogP contribution in [0.3, 0.4) is 0 Å². The van der Waals surface area contributed by atoms with E-state index in [1.165, 1.54) is 12.1 Å². The van der Waals surface area contributed by atoms with Crippen molar-refractivity contribution in [3.05, 3.63) is 48.0 Å². The number of rotatable bonds is 6. The molecule has 2 rings (SSSR count). The fourth-order valence-electron chi connectivity index (χ4n) is 2.01. The van der Waals surface area contributed by atoms with Crippen LogP contribution in [0.5, 0.6) is 11.5 Å². The number of carbonyl (C=O) groups excluding carboxylic acids is 1. The molecule has 146 valence electrons. The van der Waals surface area contributed by atoms with Crippen molar-refractivity contribution in [3.63, 3.8) is 0 Å². The molecule has 11 heteroatoms. The maximum absolute atomic E-state index is 12.1. The van der Waals surface area contributed by atoms with E-state index in [0.717, 1.165) is 29.8 Å². The van der Waals surface area contributed by atoms with Crippen molar-refractivity contribution in [2.75, 3.05) is 11.9 Å². The molecule has 27 heavy (non-hydrogen) atoms. The number of carbonyl (C=O) groups is 1. The minimum absolute atomic E-state index is 0.110. The standard InChI is InChI=1S/C16H15F3N2O5S/c1-10-2-7-13(14(22)8-10)21-15(23)9-20-27(24,25)12-5-3-11(4-6-12)26-16(17,18)19/h2-8,20,22H,9H2,1H3,(H,21,23). The van der Waals surface area contributed by atoms with Crippen molar-refractivity contribution in [3.8, 4) is 11.5 Å². The fraction of sp³-hybridized carbons (Fsp3) is 0.188. The van der Waals surface area contributed by atoms with Crippen LogP contribution in [0.4, 0.5) is 18.9 Å². The van der Waals surface area contributed by atoms with Gasteiger partial charge in [0.2, 0.25) is 15.9 Å². The fourth-order valence-corrected chi connectivity index (χ4v) is 2.99. The lowest BCUT2D eigenvalue weighted by Gasteiger charge is -2.11. The molecule has 0 unspecified atom stereocenters. The molecule has 2 aromatic carbocycles. The van der Waals surface area contributed by atoms with E-state index >= 15 is 0 Å². The van der Waals surface area contributed by atoms with Crippen LogP contribution in [0.25, 0.3) is 0 Å². The van der Waals surface area contributed by atoms with Gasteiger partial charge in [-0.1, -0.05) is 6.07 Å². The van der Waals surface area contributed by atoms with Gasteiger partial charge in [-0.15, -0.1) is 13.2 Å². The Kier molecular flexibility index (Phi) is 5.96. The average Bonchev–Trinajstić information content (AvgIpc) is 2.55. The largest absolute Gasteiger partial charge is 0.573 e. The molecular weight excluding hydrogens is 389 g/mol. The molecule has 0 aromatic heterocycles. The number of hydrogen-bond acceptors (Lipinski definition) is 5. The van der Waals surface area contributed by atoms with Crippen LogP contribution >= 0.6 is 0 Å². The molecule has 0 aliphatic carbocycles. The maximum Gasteiger partial charge on any atom is 0.573 e. The number of aryl methyl sites for hydroxylation is 1. The summed E-state index contributed by atoms with van der Waals surface area (Å²) in [6, 6.07) is 8.02. The summed E-state index contributed by atoms with van der Waals surface area (Å²) in [6.07, 6.45) is -4.89. The highest BCUT2D eigenvalue weighted by atomic mass is 32.2. The Morgan fingerprint density at radius 2 is 1.78 bits per heavy atom. The van der Waals surface area contributed by atoms with E-state index in [9.17, 15) is 31.5 Å². The predicted molar refractivity (Wildman–Crippen MR) is 89.8 cm³/mol. The monoisotopic (exact) mass is 404 g/mol. The maximum atomic E-state index is 12.1. The molecule has 3 N–H and O–H groups in total. The quantitative estimate of drug-likeness (QED) is 0.642. The summed E-state index contributed by atoms with van der Waals surface area (Å²) in [7, 11) is -4.14.